The number of benzene rings is 2. The van der Waals surface area contributed by atoms with Gasteiger partial charge in [-0.15, -0.1) is 0 Å². The Kier molecular flexibility index (Phi) is 4.00. The van der Waals surface area contributed by atoms with E-state index in [0.717, 1.165) is 18.2 Å². The largest absolute Gasteiger partial charge is 0.504 e. The topological polar surface area (TPSA) is 145 Å². The SMILES string of the molecule is Cc1ccc(C(=O)O)c(O)c1OC(=O)c1cc(O)c(O)c(O)c1. The van der Waals surface area contributed by atoms with Crippen LogP contribution in [0, 0.1) is 6.92 Å². The summed E-state index contributed by atoms with van der Waals surface area (Å²) in [5, 5.41) is 46.8. The molecule has 0 aliphatic carbocycles. The number of hydrogen-bond donors (Lipinski definition) is 5. The van der Waals surface area contributed by atoms with E-state index in [1.54, 1.807) is 0 Å². The number of carbonyl (C=O) groups excluding carboxylic acids is 1. The van der Waals surface area contributed by atoms with Crippen molar-refractivity contribution in [1.29, 1.82) is 0 Å². The van der Waals surface area contributed by atoms with Crippen LogP contribution in [0.15, 0.2) is 24.3 Å². The van der Waals surface area contributed by atoms with Crippen molar-refractivity contribution in [1.82, 2.24) is 0 Å². The van der Waals surface area contributed by atoms with Crippen molar-refractivity contribution in [2.45, 2.75) is 6.92 Å². The Bertz CT molecular complexity index is 786. The fourth-order valence-corrected chi connectivity index (χ4v) is 1.85. The van der Waals surface area contributed by atoms with Crippen LogP contribution >= 0.6 is 0 Å². The van der Waals surface area contributed by atoms with Gasteiger partial charge < -0.3 is 30.3 Å². The van der Waals surface area contributed by atoms with E-state index in [-0.39, 0.29) is 11.3 Å². The van der Waals surface area contributed by atoms with Crippen molar-refractivity contribution >= 4 is 11.9 Å². The molecule has 2 aromatic rings. The van der Waals surface area contributed by atoms with Crippen molar-refractivity contribution in [2.75, 3.05) is 0 Å². The summed E-state index contributed by atoms with van der Waals surface area (Å²) in [6.07, 6.45) is 0. The minimum absolute atomic E-state index is 0.299. The molecular weight excluding hydrogens is 308 g/mol. The molecule has 0 atom stereocenters. The Morgan fingerprint density at radius 3 is 2.04 bits per heavy atom. The van der Waals surface area contributed by atoms with Gasteiger partial charge in [0.05, 0.1) is 5.56 Å². The fraction of sp³-hybridized carbons (Fsp3) is 0.0667. The van der Waals surface area contributed by atoms with Crippen LogP contribution in [0.1, 0.15) is 26.3 Å². The average Bonchev–Trinajstić information content (AvgIpc) is 2.47. The standard InChI is InChI=1S/C15H12O8/c1-6-2-3-8(14(20)21)11(18)13(6)23-15(22)7-4-9(16)12(19)10(17)5-7/h2-5,16-19H,1H3,(H,20,21). The molecule has 120 valence electrons. The quantitative estimate of drug-likeness (QED) is 0.327. The first-order chi connectivity index (χ1) is 10.7. The van der Waals surface area contributed by atoms with Gasteiger partial charge in [-0.3, -0.25) is 0 Å². The maximum absolute atomic E-state index is 12.0. The van der Waals surface area contributed by atoms with Gasteiger partial charge in [-0.05, 0) is 30.7 Å². The lowest BCUT2D eigenvalue weighted by molar-refractivity contribution is 0.0680. The molecule has 5 N–H and O–H groups in total. The number of carboxylic acids is 1. The van der Waals surface area contributed by atoms with E-state index in [1.807, 2.05) is 0 Å². The number of phenolic OH excluding ortho intramolecular Hbond substituents is 3. The van der Waals surface area contributed by atoms with Crippen molar-refractivity contribution in [3.05, 3.63) is 41.0 Å². The third-order valence-electron chi connectivity index (χ3n) is 3.06. The molecule has 0 fully saturated rings. The first kappa shape index (κ1) is 16.0. The van der Waals surface area contributed by atoms with Crippen LogP contribution in [0.5, 0.6) is 28.7 Å². The van der Waals surface area contributed by atoms with E-state index in [9.17, 15) is 30.0 Å². The predicted octanol–water partition coefficient (Wildman–Crippen LogP) is 1.73. The zero-order valence-electron chi connectivity index (χ0n) is 11.8. The third-order valence-corrected chi connectivity index (χ3v) is 3.06. The highest BCUT2D eigenvalue weighted by Gasteiger charge is 2.21. The van der Waals surface area contributed by atoms with Gasteiger partial charge in [-0.1, -0.05) is 6.07 Å². The molecule has 0 aliphatic rings. The molecule has 8 nitrogen and oxygen atoms in total. The van der Waals surface area contributed by atoms with Crippen LogP contribution in [-0.4, -0.2) is 37.5 Å². The second-order valence-corrected chi connectivity index (χ2v) is 4.67. The van der Waals surface area contributed by atoms with E-state index in [0.29, 0.717) is 5.56 Å². The minimum atomic E-state index is -1.40. The molecule has 2 rings (SSSR count). The van der Waals surface area contributed by atoms with Gasteiger partial charge in [0.15, 0.2) is 28.7 Å². The average molecular weight is 320 g/mol. The maximum atomic E-state index is 12.0. The Labute approximate surface area is 129 Å². The summed E-state index contributed by atoms with van der Waals surface area (Å²) in [5.41, 5.74) is -0.458. The molecule has 0 radical (unpaired) electrons. The van der Waals surface area contributed by atoms with Gasteiger partial charge in [0, 0.05) is 0 Å². The number of phenols is 4. The van der Waals surface area contributed by atoms with E-state index in [1.165, 1.54) is 13.0 Å². The van der Waals surface area contributed by atoms with Crippen LogP contribution in [-0.2, 0) is 0 Å². The highest BCUT2D eigenvalue weighted by atomic mass is 16.5. The highest BCUT2D eigenvalue weighted by Crippen LogP contribution is 2.37. The molecule has 0 unspecified atom stereocenters. The van der Waals surface area contributed by atoms with Gasteiger partial charge in [0.25, 0.3) is 0 Å². The number of esters is 1. The number of carbonyl (C=O) groups is 2. The van der Waals surface area contributed by atoms with Gasteiger partial charge in [-0.25, -0.2) is 9.59 Å². The first-order valence-corrected chi connectivity index (χ1v) is 6.25. The van der Waals surface area contributed by atoms with E-state index >= 15 is 0 Å². The van der Waals surface area contributed by atoms with Crippen molar-refractivity contribution in [3.8, 4) is 28.7 Å². The molecular formula is C15H12O8. The third kappa shape index (κ3) is 2.95. The normalized spacial score (nSPS) is 10.3. The summed E-state index contributed by atoms with van der Waals surface area (Å²) in [4.78, 5) is 23.0. The molecule has 0 heterocycles. The number of hydrogen-bond acceptors (Lipinski definition) is 7. The lowest BCUT2D eigenvalue weighted by atomic mass is 10.1. The summed E-state index contributed by atoms with van der Waals surface area (Å²) < 4.78 is 4.95. The lowest BCUT2D eigenvalue weighted by Gasteiger charge is -2.11. The number of aromatic hydroxyl groups is 4. The van der Waals surface area contributed by atoms with Crippen LogP contribution in [0.4, 0.5) is 0 Å². The van der Waals surface area contributed by atoms with Crippen LogP contribution in [0.2, 0.25) is 0 Å². The zero-order valence-corrected chi connectivity index (χ0v) is 11.8. The van der Waals surface area contributed by atoms with E-state index in [2.05, 4.69) is 0 Å². The number of aryl methyl sites for hydroxylation is 1. The Morgan fingerprint density at radius 1 is 0.957 bits per heavy atom. The molecule has 0 saturated heterocycles. The summed E-state index contributed by atoms with van der Waals surface area (Å²) in [7, 11) is 0. The molecule has 0 amide bonds. The lowest BCUT2D eigenvalue weighted by Crippen LogP contribution is -2.10. The summed E-state index contributed by atoms with van der Waals surface area (Å²) in [5.74, 6) is -5.83. The zero-order chi connectivity index (χ0) is 17.3. The monoisotopic (exact) mass is 320 g/mol. The smallest absolute Gasteiger partial charge is 0.343 e. The second-order valence-electron chi connectivity index (χ2n) is 4.67. The molecule has 0 aromatic heterocycles. The van der Waals surface area contributed by atoms with Crippen LogP contribution < -0.4 is 4.74 Å². The molecule has 0 saturated carbocycles. The highest BCUT2D eigenvalue weighted by molar-refractivity contribution is 5.95. The summed E-state index contributed by atoms with van der Waals surface area (Å²) in [6, 6.07) is 4.20. The molecule has 2 aromatic carbocycles. The Morgan fingerprint density at radius 2 is 1.52 bits per heavy atom. The molecule has 0 spiro atoms. The Hall–Kier alpha value is -3.42. The van der Waals surface area contributed by atoms with Crippen molar-refractivity contribution < 1.29 is 39.9 Å². The van der Waals surface area contributed by atoms with Gasteiger partial charge >= 0.3 is 11.9 Å². The predicted molar refractivity (Wildman–Crippen MR) is 76.2 cm³/mol. The number of rotatable bonds is 3. The number of carboxylic acid groups (broad SMARTS) is 1. The number of aromatic carboxylic acids is 1. The number of ether oxygens (including phenoxy) is 1. The molecule has 0 bridgehead atoms. The van der Waals surface area contributed by atoms with E-state index in [4.69, 9.17) is 9.84 Å². The van der Waals surface area contributed by atoms with E-state index < -0.39 is 40.5 Å². The van der Waals surface area contributed by atoms with Crippen LogP contribution in [0.3, 0.4) is 0 Å². The summed E-state index contributed by atoms with van der Waals surface area (Å²) >= 11 is 0. The van der Waals surface area contributed by atoms with Gasteiger partial charge in [0.1, 0.15) is 5.56 Å². The van der Waals surface area contributed by atoms with Crippen molar-refractivity contribution in [3.63, 3.8) is 0 Å². The molecule has 23 heavy (non-hydrogen) atoms. The minimum Gasteiger partial charge on any atom is -0.504 e. The molecule has 8 heteroatoms. The van der Waals surface area contributed by atoms with Gasteiger partial charge in [0.2, 0.25) is 0 Å². The maximum Gasteiger partial charge on any atom is 0.343 e. The van der Waals surface area contributed by atoms with Crippen LogP contribution in [0.25, 0.3) is 0 Å². The fourth-order valence-electron chi connectivity index (χ4n) is 1.85. The first-order valence-electron chi connectivity index (χ1n) is 6.25. The van der Waals surface area contributed by atoms with Gasteiger partial charge in [-0.2, -0.15) is 0 Å². The van der Waals surface area contributed by atoms with Crippen molar-refractivity contribution in [2.24, 2.45) is 0 Å². The molecule has 0 aliphatic heterocycles. The second kappa shape index (κ2) is 5.76. The Balaban J connectivity index is 2.42. The summed E-state index contributed by atoms with van der Waals surface area (Å²) in [6.45, 7) is 1.49.